The summed E-state index contributed by atoms with van der Waals surface area (Å²) in [5, 5.41) is 4.85. The van der Waals surface area contributed by atoms with Crippen LogP contribution in [0.25, 0.3) is 11.1 Å². The molecule has 0 saturated heterocycles. The molecule has 2 aromatic rings. The molecule has 0 aliphatic carbocycles. The van der Waals surface area contributed by atoms with Crippen LogP contribution in [0.3, 0.4) is 0 Å². The van der Waals surface area contributed by atoms with Crippen LogP contribution in [-0.2, 0) is 16.4 Å². The minimum atomic E-state index is -4.80. The molecule has 10 heteroatoms. The molecule has 130 valence electrons. The summed E-state index contributed by atoms with van der Waals surface area (Å²) in [6, 6.07) is 6.41. The molecule has 0 aromatic heterocycles. The Kier molecular flexibility index (Phi) is 4.72. The molecule has 0 heterocycles. The highest BCUT2D eigenvalue weighted by Gasteiger charge is 2.34. The van der Waals surface area contributed by atoms with E-state index >= 15 is 0 Å². The lowest BCUT2D eigenvalue weighted by Gasteiger charge is -2.13. The Morgan fingerprint density at radius 2 is 1.79 bits per heavy atom. The van der Waals surface area contributed by atoms with E-state index in [1.165, 1.54) is 25.3 Å². The van der Waals surface area contributed by atoms with Crippen LogP contribution < -0.4 is 14.6 Å². The molecule has 24 heavy (non-hydrogen) atoms. The largest absolute Gasteiger partial charge is 0.496 e. The summed E-state index contributed by atoms with van der Waals surface area (Å²) in [5.41, 5.74) is -0.868. The van der Waals surface area contributed by atoms with E-state index in [4.69, 9.17) is 9.88 Å². The zero-order valence-electron chi connectivity index (χ0n) is 12.2. The van der Waals surface area contributed by atoms with Crippen molar-refractivity contribution in [2.24, 2.45) is 5.14 Å². The first kappa shape index (κ1) is 18.0. The quantitative estimate of drug-likeness (QED) is 0.818. The van der Waals surface area contributed by atoms with Crippen LogP contribution in [0.4, 0.5) is 23.2 Å². The average molecular weight is 364 g/mol. The van der Waals surface area contributed by atoms with Crippen LogP contribution >= 0.6 is 0 Å². The molecule has 0 aliphatic heterocycles. The SMILES string of the molecule is COc1cc(NS(N)(=O)=O)ccc1-c1ccc(C(F)(F)F)c(F)c1. The molecular weight excluding hydrogens is 352 g/mol. The Morgan fingerprint density at radius 1 is 1.12 bits per heavy atom. The first-order valence-corrected chi connectivity index (χ1v) is 7.91. The minimum absolute atomic E-state index is 0.0884. The predicted molar refractivity (Wildman–Crippen MR) is 80.1 cm³/mol. The van der Waals surface area contributed by atoms with E-state index < -0.39 is 27.8 Å². The molecule has 0 bridgehead atoms. The first-order chi connectivity index (χ1) is 11.0. The van der Waals surface area contributed by atoms with Gasteiger partial charge in [-0.15, -0.1) is 0 Å². The maximum Gasteiger partial charge on any atom is 0.419 e. The number of nitrogens with one attached hydrogen (secondary N) is 1. The van der Waals surface area contributed by atoms with E-state index in [2.05, 4.69) is 0 Å². The van der Waals surface area contributed by atoms with E-state index in [1.807, 2.05) is 4.72 Å². The maximum absolute atomic E-state index is 13.7. The highest BCUT2D eigenvalue weighted by atomic mass is 32.2. The van der Waals surface area contributed by atoms with Crippen LogP contribution in [0.1, 0.15) is 5.56 Å². The summed E-state index contributed by atoms with van der Waals surface area (Å²) in [6.07, 6.45) is -4.80. The van der Waals surface area contributed by atoms with Gasteiger partial charge in [-0.2, -0.15) is 21.6 Å². The number of benzene rings is 2. The second-order valence-electron chi connectivity index (χ2n) is 4.75. The molecule has 0 spiro atoms. The molecule has 0 aliphatic rings. The van der Waals surface area contributed by atoms with Gasteiger partial charge < -0.3 is 4.74 Å². The van der Waals surface area contributed by atoms with Crippen molar-refractivity contribution < 1.29 is 30.7 Å². The zero-order valence-corrected chi connectivity index (χ0v) is 13.0. The van der Waals surface area contributed by atoms with Gasteiger partial charge in [0.15, 0.2) is 0 Å². The Labute approximate surface area is 135 Å². The number of halogens is 4. The minimum Gasteiger partial charge on any atom is -0.496 e. The van der Waals surface area contributed by atoms with Crippen molar-refractivity contribution in [1.29, 1.82) is 0 Å². The van der Waals surface area contributed by atoms with Crippen LogP contribution in [0, 0.1) is 5.82 Å². The van der Waals surface area contributed by atoms with Gasteiger partial charge >= 0.3 is 6.18 Å². The second-order valence-corrected chi connectivity index (χ2v) is 6.05. The molecule has 0 saturated carbocycles. The third kappa shape index (κ3) is 4.15. The van der Waals surface area contributed by atoms with Crippen molar-refractivity contribution in [3.63, 3.8) is 0 Å². The van der Waals surface area contributed by atoms with Crippen molar-refractivity contribution in [3.05, 3.63) is 47.8 Å². The van der Waals surface area contributed by atoms with Gasteiger partial charge in [0.05, 0.1) is 18.4 Å². The predicted octanol–water partition coefficient (Wildman–Crippen LogP) is 3.14. The van der Waals surface area contributed by atoms with Crippen molar-refractivity contribution in [2.45, 2.75) is 6.18 Å². The van der Waals surface area contributed by atoms with Crippen LogP contribution in [0.2, 0.25) is 0 Å². The van der Waals surface area contributed by atoms with Gasteiger partial charge in [0.25, 0.3) is 10.2 Å². The van der Waals surface area contributed by atoms with Gasteiger partial charge in [0, 0.05) is 11.6 Å². The number of rotatable bonds is 4. The highest BCUT2D eigenvalue weighted by molar-refractivity contribution is 7.90. The topological polar surface area (TPSA) is 81.4 Å². The Bertz CT molecular complexity index is 867. The Morgan fingerprint density at radius 3 is 2.29 bits per heavy atom. The van der Waals surface area contributed by atoms with E-state index in [-0.39, 0.29) is 22.6 Å². The maximum atomic E-state index is 13.7. The summed E-state index contributed by atoms with van der Waals surface area (Å²) in [7, 11) is -2.72. The molecule has 0 atom stereocenters. The lowest BCUT2D eigenvalue weighted by atomic mass is 10.0. The molecule has 0 radical (unpaired) electrons. The second kappa shape index (κ2) is 6.29. The number of alkyl halides is 3. The Balaban J connectivity index is 2.47. The molecule has 3 N–H and O–H groups in total. The van der Waals surface area contributed by atoms with Crippen LogP contribution in [0.15, 0.2) is 36.4 Å². The van der Waals surface area contributed by atoms with Crippen molar-refractivity contribution in [3.8, 4) is 16.9 Å². The fourth-order valence-corrected chi connectivity index (χ4v) is 2.53. The summed E-state index contributed by atoms with van der Waals surface area (Å²) in [5.74, 6) is -1.29. The zero-order chi connectivity index (χ0) is 18.1. The van der Waals surface area contributed by atoms with Crippen LogP contribution in [0.5, 0.6) is 5.75 Å². The van der Waals surface area contributed by atoms with E-state index in [9.17, 15) is 26.0 Å². The number of anilines is 1. The number of ether oxygens (including phenoxy) is 1. The van der Waals surface area contributed by atoms with Gasteiger partial charge in [0.2, 0.25) is 0 Å². The summed E-state index contributed by atoms with van der Waals surface area (Å²) in [6.45, 7) is 0. The molecule has 2 rings (SSSR count). The van der Waals surface area contributed by atoms with Gasteiger partial charge in [-0.05, 0) is 29.8 Å². The lowest BCUT2D eigenvalue weighted by Crippen LogP contribution is -2.21. The number of methoxy groups -OCH3 is 1. The molecular formula is C14H12F4N2O3S. The third-order valence-electron chi connectivity index (χ3n) is 3.05. The van der Waals surface area contributed by atoms with E-state index in [0.717, 1.165) is 12.1 Å². The van der Waals surface area contributed by atoms with Crippen LogP contribution in [-0.4, -0.2) is 15.5 Å². The van der Waals surface area contributed by atoms with Crippen molar-refractivity contribution in [2.75, 3.05) is 11.8 Å². The van der Waals surface area contributed by atoms with E-state index in [1.54, 1.807) is 0 Å². The third-order valence-corrected chi connectivity index (χ3v) is 3.57. The van der Waals surface area contributed by atoms with Crippen molar-refractivity contribution >= 4 is 15.9 Å². The number of nitrogens with two attached hydrogens (primary N) is 1. The molecule has 2 aromatic carbocycles. The smallest absolute Gasteiger partial charge is 0.419 e. The van der Waals surface area contributed by atoms with Gasteiger partial charge in [-0.1, -0.05) is 6.07 Å². The number of hydrogen-bond acceptors (Lipinski definition) is 3. The highest BCUT2D eigenvalue weighted by Crippen LogP contribution is 2.37. The van der Waals surface area contributed by atoms with Gasteiger partial charge in [-0.25, -0.2) is 9.53 Å². The molecule has 0 unspecified atom stereocenters. The van der Waals surface area contributed by atoms with Gasteiger partial charge in [0.1, 0.15) is 11.6 Å². The number of hydrogen-bond donors (Lipinski definition) is 2. The molecule has 0 fully saturated rings. The molecule has 5 nitrogen and oxygen atoms in total. The monoisotopic (exact) mass is 364 g/mol. The van der Waals surface area contributed by atoms with Gasteiger partial charge in [-0.3, -0.25) is 4.72 Å². The molecule has 0 amide bonds. The normalized spacial score (nSPS) is 12.1. The average Bonchev–Trinajstić information content (AvgIpc) is 2.43. The van der Waals surface area contributed by atoms with Crippen molar-refractivity contribution in [1.82, 2.24) is 0 Å². The first-order valence-electron chi connectivity index (χ1n) is 6.37. The summed E-state index contributed by atoms with van der Waals surface area (Å²) >= 11 is 0. The summed E-state index contributed by atoms with van der Waals surface area (Å²) in [4.78, 5) is 0. The fourth-order valence-electron chi connectivity index (χ4n) is 2.07. The Hall–Kier alpha value is -2.33. The van der Waals surface area contributed by atoms with E-state index in [0.29, 0.717) is 6.07 Å². The lowest BCUT2D eigenvalue weighted by molar-refractivity contribution is -0.139. The summed E-state index contributed by atoms with van der Waals surface area (Å²) < 4.78 is 80.6. The fraction of sp³-hybridized carbons (Fsp3) is 0.143. The standard InChI is InChI=1S/C14H12F4N2O3S/c1-23-13-7-9(20-24(19,21)22)3-4-10(13)8-2-5-11(12(15)6-8)14(16,17)18/h2-7,20H,1H3,(H2,19,21,22).